The van der Waals surface area contributed by atoms with Crippen LogP contribution in [0.3, 0.4) is 0 Å². The number of unbranched alkanes of at least 4 members (excludes halogenated alkanes) is 16. The van der Waals surface area contributed by atoms with Gasteiger partial charge in [-0.15, -0.1) is 0 Å². The molecule has 12 heteroatoms. The minimum atomic E-state index is -4.59. The van der Waals surface area contributed by atoms with Crippen molar-refractivity contribution in [3.63, 3.8) is 0 Å². The van der Waals surface area contributed by atoms with E-state index in [-0.39, 0.29) is 49.0 Å². The maximum atomic E-state index is 12.4. The Hall–Kier alpha value is -0.0300. The largest absolute Gasteiger partial charge is 0.472 e. The van der Waals surface area contributed by atoms with E-state index in [1.165, 1.54) is 64.2 Å². The molecule has 0 heterocycles. The second-order valence-corrected chi connectivity index (χ2v) is 12.3. The fourth-order valence-electron chi connectivity index (χ4n) is 4.23. The van der Waals surface area contributed by atoms with Crippen LogP contribution in [0.4, 0.5) is 0 Å². The first-order valence-electron chi connectivity index (χ1n) is 16.0. The Morgan fingerprint density at radius 1 is 0.643 bits per heavy atom. The van der Waals surface area contributed by atoms with Gasteiger partial charge in [0.2, 0.25) is 0 Å². The second-order valence-electron chi connectivity index (χ2n) is 10.8. The average molecular weight is 634 g/mol. The van der Waals surface area contributed by atoms with Crippen LogP contribution < -0.4 is 0 Å². The number of esters is 2. The van der Waals surface area contributed by atoms with Crippen LogP contribution in [0.1, 0.15) is 142 Å². The van der Waals surface area contributed by atoms with Crippen molar-refractivity contribution >= 4 is 49.3 Å². The van der Waals surface area contributed by atoms with E-state index in [2.05, 4.69) is 18.4 Å². The number of hydrogen-bond acceptors (Lipinski definition) is 9. The molecule has 0 rings (SSSR count). The Balaban J connectivity index is 0. The summed E-state index contributed by atoms with van der Waals surface area (Å²) in [4.78, 5) is 34.4. The maximum Gasteiger partial charge on any atom is 0.472 e. The predicted octanol–water partition coefficient (Wildman–Crippen LogP) is 6.39. The van der Waals surface area contributed by atoms with Crippen LogP contribution in [0.15, 0.2) is 0 Å². The molecule has 0 aromatic heterocycles. The summed E-state index contributed by atoms with van der Waals surface area (Å²) in [6.07, 6.45) is 18.1. The van der Waals surface area contributed by atoms with Gasteiger partial charge in [-0.05, 0) is 12.8 Å². The van der Waals surface area contributed by atoms with Crippen molar-refractivity contribution in [2.45, 2.75) is 154 Å². The molecule has 0 saturated carbocycles. The molecule has 0 aromatic carbocycles. The molecule has 1 radical (unpaired) electrons. The molecular weight excluding hydrogens is 574 g/mol. The van der Waals surface area contributed by atoms with Crippen molar-refractivity contribution in [1.82, 2.24) is 0 Å². The van der Waals surface area contributed by atoms with Crippen LogP contribution in [-0.2, 0) is 32.7 Å². The number of hydrogen-bond donors (Lipinski definition) is 3. The third-order valence-electron chi connectivity index (χ3n) is 6.76. The van der Waals surface area contributed by atoms with Gasteiger partial charge < -0.3 is 24.6 Å². The first kappa shape index (κ1) is 44.1. The van der Waals surface area contributed by atoms with Gasteiger partial charge in [0.25, 0.3) is 0 Å². The van der Waals surface area contributed by atoms with Gasteiger partial charge >= 0.3 is 19.8 Å². The van der Waals surface area contributed by atoms with Crippen LogP contribution >= 0.6 is 7.82 Å². The normalized spacial score (nSPS) is 14.0. The van der Waals surface area contributed by atoms with E-state index in [1.54, 1.807) is 0 Å². The van der Waals surface area contributed by atoms with Crippen LogP contribution in [0, 0.1) is 0 Å². The summed E-state index contributed by atoms with van der Waals surface area (Å²) in [6, 6.07) is 0. The van der Waals surface area contributed by atoms with Crippen molar-refractivity contribution in [2.75, 3.05) is 26.4 Å². The Morgan fingerprint density at radius 2 is 1.05 bits per heavy atom. The van der Waals surface area contributed by atoms with Crippen molar-refractivity contribution in [2.24, 2.45) is 0 Å². The van der Waals surface area contributed by atoms with E-state index in [0.717, 1.165) is 38.5 Å². The summed E-state index contributed by atoms with van der Waals surface area (Å²) >= 11 is 0. The number of aliphatic hydroxyl groups is 2. The quantitative estimate of drug-likeness (QED) is 0.0352. The number of rotatable bonds is 30. The second kappa shape index (κ2) is 31.0. The van der Waals surface area contributed by atoms with Crippen LogP contribution in [-0.4, -0.2) is 95.2 Å². The van der Waals surface area contributed by atoms with Crippen molar-refractivity contribution in [1.29, 1.82) is 0 Å². The molecule has 10 nitrogen and oxygen atoms in total. The zero-order valence-electron chi connectivity index (χ0n) is 26.8. The summed E-state index contributed by atoms with van der Waals surface area (Å²) in [7, 11) is -4.59. The van der Waals surface area contributed by atoms with Gasteiger partial charge in [0.1, 0.15) is 12.7 Å². The fourth-order valence-corrected chi connectivity index (χ4v) is 5.02. The topological polar surface area (TPSA) is 149 Å². The third kappa shape index (κ3) is 30.0. The molecule has 42 heavy (non-hydrogen) atoms. The Bertz CT molecular complexity index is 682. The van der Waals surface area contributed by atoms with Gasteiger partial charge in [0.15, 0.2) is 6.10 Å². The minimum Gasteiger partial charge on any atom is -0.462 e. The summed E-state index contributed by atoms with van der Waals surface area (Å²) < 4.78 is 32.3. The summed E-state index contributed by atoms with van der Waals surface area (Å²) in [5, 5.41) is 18.1. The number of phosphoric ester groups is 1. The predicted molar refractivity (Wildman–Crippen MR) is 165 cm³/mol. The smallest absolute Gasteiger partial charge is 0.462 e. The SMILES string of the molecule is CCCCCCCCCCCC(=O)OC[C@H](COP(=O)(O)OC[C@@H](O)CO)OC(=O)CCCCCCCCCCC.[Na]. The van der Waals surface area contributed by atoms with E-state index < -0.39 is 51.8 Å². The first-order valence-corrected chi connectivity index (χ1v) is 17.5. The molecule has 0 aliphatic heterocycles. The number of ether oxygens (including phenoxy) is 2. The monoisotopic (exact) mass is 633 g/mol. The molecule has 0 fully saturated rings. The van der Waals surface area contributed by atoms with E-state index in [0.29, 0.717) is 12.8 Å². The molecule has 0 aliphatic carbocycles. The van der Waals surface area contributed by atoms with Crippen molar-refractivity contribution in [3.8, 4) is 0 Å². The minimum absolute atomic E-state index is 0. The molecule has 3 atom stereocenters. The van der Waals surface area contributed by atoms with Crippen LogP contribution in [0.5, 0.6) is 0 Å². The molecule has 0 aromatic rings. The summed E-state index contributed by atoms with van der Waals surface area (Å²) in [5.74, 6) is -0.927. The van der Waals surface area contributed by atoms with Crippen molar-refractivity contribution in [3.05, 3.63) is 0 Å². The fraction of sp³-hybridized carbons (Fsp3) is 0.933. The van der Waals surface area contributed by atoms with Gasteiger partial charge in [-0.3, -0.25) is 18.6 Å². The third-order valence-corrected chi connectivity index (χ3v) is 7.71. The zero-order chi connectivity index (χ0) is 30.6. The Labute approximate surface area is 276 Å². The molecule has 0 saturated heterocycles. The molecule has 3 N–H and O–H groups in total. The Morgan fingerprint density at radius 3 is 1.50 bits per heavy atom. The summed E-state index contributed by atoms with van der Waals surface area (Å²) in [5.41, 5.74) is 0. The standard InChI is InChI=1S/C30H59O10P.Na/c1-3-5-7-9-11-13-15-17-19-21-29(33)37-25-28(26-39-41(35,36)38-24-27(32)23-31)40-30(34)22-20-18-16-14-12-10-8-6-4-2;/h27-28,31-32H,3-26H2,1-2H3,(H,35,36);/t27-,28+;/m0./s1. The number of carbonyl (C=O) groups is 2. The molecule has 0 aliphatic rings. The number of aliphatic hydroxyl groups excluding tert-OH is 2. The molecule has 0 bridgehead atoms. The van der Waals surface area contributed by atoms with Gasteiger partial charge in [-0.25, -0.2) is 4.57 Å². The average Bonchev–Trinajstić information content (AvgIpc) is 2.95. The van der Waals surface area contributed by atoms with Crippen molar-refractivity contribution < 1.29 is 47.8 Å². The maximum absolute atomic E-state index is 12.4. The number of carbonyl (C=O) groups excluding carboxylic acids is 2. The van der Waals surface area contributed by atoms with Gasteiger partial charge in [0, 0.05) is 42.4 Å². The molecular formula is C30H59NaO10P. The number of phosphoric acid groups is 1. The first-order chi connectivity index (χ1) is 19.7. The zero-order valence-corrected chi connectivity index (χ0v) is 29.7. The van der Waals surface area contributed by atoms with E-state index in [1.807, 2.05) is 0 Å². The van der Waals surface area contributed by atoms with E-state index in [9.17, 15) is 24.2 Å². The molecule has 0 spiro atoms. The van der Waals surface area contributed by atoms with Gasteiger partial charge in [-0.2, -0.15) is 0 Å². The Kier molecular flexibility index (Phi) is 32.5. The van der Waals surface area contributed by atoms with E-state index >= 15 is 0 Å². The van der Waals surface area contributed by atoms with Crippen LogP contribution in [0.2, 0.25) is 0 Å². The van der Waals surface area contributed by atoms with Gasteiger partial charge in [0.05, 0.1) is 19.8 Å². The van der Waals surface area contributed by atoms with E-state index in [4.69, 9.17) is 19.1 Å². The van der Waals surface area contributed by atoms with Gasteiger partial charge in [-0.1, -0.05) is 117 Å². The molecule has 0 amide bonds. The molecule has 1 unspecified atom stereocenters. The summed E-state index contributed by atoms with van der Waals surface area (Å²) in [6.45, 7) is 2.30. The van der Waals surface area contributed by atoms with Crippen LogP contribution in [0.25, 0.3) is 0 Å². The molecule has 245 valence electrons.